The molecule has 1 fully saturated rings. The summed E-state index contributed by atoms with van der Waals surface area (Å²) in [6.45, 7) is 4.97. The number of piperidine rings is 1. The van der Waals surface area contributed by atoms with Crippen molar-refractivity contribution < 1.29 is 13.2 Å². The molecule has 1 amide bonds. The third kappa shape index (κ3) is 4.45. The van der Waals surface area contributed by atoms with E-state index in [1.54, 1.807) is 0 Å². The molecule has 0 saturated carbocycles. The molecule has 0 radical (unpaired) electrons. The molecule has 2 unspecified atom stereocenters. The lowest BCUT2D eigenvalue weighted by molar-refractivity contribution is -0.125. The Morgan fingerprint density at radius 3 is 2.69 bits per heavy atom. The molecule has 1 N–H and O–H groups in total. The van der Waals surface area contributed by atoms with E-state index in [4.69, 9.17) is 0 Å². The molecule has 26 heavy (non-hydrogen) atoms. The van der Waals surface area contributed by atoms with Crippen molar-refractivity contribution in [3.63, 3.8) is 0 Å². The highest BCUT2D eigenvalue weighted by molar-refractivity contribution is 7.88. The van der Waals surface area contributed by atoms with Crippen molar-refractivity contribution in [2.75, 3.05) is 25.9 Å². The average Bonchev–Trinajstić information content (AvgIpc) is 2.64. The van der Waals surface area contributed by atoms with E-state index in [0.29, 0.717) is 19.5 Å². The number of rotatable bonds is 5. The standard InChI is InChI=1S/C19H29N3O3S/c1-15(21-12-10-16-7-3-4-8-17(16)14-21)13-20-19(23)18-9-5-6-11-22(18)26(2,24)25/h3-4,7-8,15,18H,5-6,9-14H2,1-2H3,(H,20,23). The van der Waals surface area contributed by atoms with Crippen LogP contribution in [0.4, 0.5) is 0 Å². The Kier molecular flexibility index (Phi) is 5.99. The number of carbonyl (C=O) groups excluding carboxylic acids is 1. The minimum absolute atomic E-state index is 0.167. The maximum Gasteiger partial charge on any atom is 0.238 e. The lowest BCUT2D eigenvalue weighted by Gasteiger charge is -2.35. The average molecular weight is 380 g/mol. The van der Waals surface area contributed by atoms with Crippen LogP contribution in [0.15, 0.2) is 24.3 Å². The summed E-state index contributed by atoms with van der Waals surface area (Å²) in [5, 5.41) is 2.99. The summed E-state index contributed by atoms with van der Waals surface area (Å²) in [5.41, 5.74) is 2.76. The monoisotopic (exact) mass is 379 g/mol. The van der Waals surface area contributed by atoms with E-state index < -0.39 is 16.1 Å². The molecule has 1 aromatic rings. The van der Waals surface area contributed by atoms with Crippen LogP contribution in [0.2, 0.25) is 0 Å². The first-order valence-corrected chi connectivity index (χ1v) is 11.3. The topological polar surface area (TPSA) is 69.7 Å². The highest BCUT2D eigenvalue weighted by Gasteiger charge is 2.34. The van der Waals surface area contributed by atoms with E-state index in [1.165, 1.54) is 21.7 Å². The third-order valence-electron chi connectivity index (χ3n) is 5.54. The van der Waals surface area contributed by atoms with Crippen molar-refractivity contribution in [3.8, 4) is 0 Å². The molecule has 2 aliphatic heterocycles. The highest BCUT2D eigenvalue weighted by Crippen LogP contribution is 2.21. The van der Waals surface area contributed by atoms with Gasteiger partial charge in [-0.05, 0) is 37.3 Å². The zero-order valence-corrected chi connectivity index (χ0v) is 16.5. The SMILES string of the molecule is CC(CNC(=O)C1CCCCN1S(C)(=O)=O)N1CCc2ccccc2C1. The number of benzene rings is 1. The van der Waals surface area contributed by atoms with Crippen LogP contribution >= 0.6 is 0 Å². The quantitative estimate of drug-likeness (QED) is 0.839. The number of nitrogens with one attached hydrogen (secondary N) is 1. The van der Waals surface area contributed by atoms with Crippen molar-refractivity contribution in [3.05, 3.63) is 35.4 Å². The second-order valence-corrected chi connectivity index (χ2v) is 9.40. The summed E-state index contributed by atoms with van der Waals surface area (Å²) in [7, 11) is -3.35. The first-order chi connectivity index (χ1) is 12.4. The number of sulfonamides is 1. The molecule has 0 spiro atoms. The summed E-state index contributed by atoms with van der Waals surface area (Å²) in [4.78, 5) is 15.0. The van der Waals surface area contributed by atoms with E-state index >= 15 is 0 Å². The Labute approximate surface area is 156 Å². The van der Waals surface area contributed by atoms with Crippen molar-refractivity contribution in [2.45, 2.75) is 51.2 Å². The molecular weight excluding hydrogens is 350 g/mol. The summed E-state index contributed by atoms with van der Waals surface area (Å²) >= 11 is 0. The van der Waals surface area contributed by atoms with Gasteiger partial charge in [-0.15, -0.1) is 0 Å². The first-order valence-electron chi connectivity index (χ1n) is 9.41. The van der Waals surface area contributed by atoms with Crippen molar-refractivity contribution >= 4 is 15.9 Å². The number of amides is 1. The number of nitrogens with zero attached hydrogens (tertiary/aromatic N) is 2. The Hall–Kier alpha value is -1.44. The molecule has 3 rings (SSSR count). The molecule has 1 aromatic carbocycles. The van der Waals surface area contributed by atoms with Gasteiger partial charge in [-0.1, -0.05) is 30.7 Å². The maximum atomic E-state index is 12.6. The van der Waals surface area contributed by atoms with Gasteiger partial charge in [0.2, 0.25) is 15.9 Å². The third-order valence-corrected chi connectivity index (χ3v) is 6.83. The second kappa shape index (κ2) is 8.06. The normalized spacial score (nSPS) is 23.2. The molecule has 6 nitrogen and oxygen atoms in total. The van der Waals surface area contributed by atoms with Crippen LogP contribution in [-0.2, 0) is 27.8 Å². The molecule has 0 aliphatic carbocycles. The number of hydrogen-bond donors (Lipinski definition) is 1. The van der Waals surface area contributed by atoms with Crippen molar-refractivity contribution in [1.29, 1.82) is 0 Å². The molecule has 2 atom stereocenters. The van der Waals surface area contributed by atoms with Gasteiger partial charge in [-0.25, -0.2) is 8.42 Å². The van der Waals surface area contributed by atoms with Crippen LogP contribution in [0.5, 0.6) is 0 Å². The zero-order chi connectivity index (χ0) is 18.7. The van der Waals surface area contributed by atoms with Crippen LogP contribution in [0.1, 0.15) is 37.3 Å². The fourth-order valence-electron chi connectivity index (χ4n) is 3.95. The van der Waals surface area contributed by atoms with Crippen LogP contribution in [0.3, 0.4) is 0 Å². The molecule has 1 saturated heterocycles. The molecule has 144 valence electrons. The van der Waals surface area contributed by atoms with E-state index in [9.17, 15) is 13.2 Å². The van der Waals surface area contributed by atoms with Gasteiger partial charge < -0.3 is 5.32 Å². The Morgan fingerprint density at radius 1 is 1.23 bits per heavy atom. The van der Waals surface area contributed by atoms with E-state index in [2.05, 4.69) is 41.4 Å². The van der Waals surface area contributed by atoms with Gasteiger partial charge in [0.05, 0.1) is 6.26 Å². The predicted octanol–water partition coefficient (Wildman–Crippen LogP) is 1.36. The molecular formula is C19H29N3O3S. The first kappa shape index (κ1) is 19.3. The highest BCUT2D eigenvalue weighted by atomic mass is 32.2. The maximum absolute atomic E-state index is 12.6. The summed E-state index contributed by atoms with van der Waals surface area (Å²) in [5.74, 6) is -0.167. The Balaban J connectivity index is 1.56. The number of carbonyl (C=O) groups is 1. The fraction of sp³-hybridized carbons (Fsp3) is 0.632. The van der Waals surface area contributed by atoms with E-state index in [0.717, 1.165) is 32.4 Å². The second-order valence-electron chi connectivity index (χ2n) is 7.47. The van der Waals surface area contributed by atoms with Gasteiger partial charge in [-0.2, -0.15) is 4.31 Å². The van der Waals surface area contributed by atoms with Crippen molar-refractivity contribution in [2.24, 2.45) is 0 Å². The van der Waals surface area contributed by atoms with Gasteiger partial charge >= 0.3 is 0 Å². The van der Waals surface area contributed by atoms with Crippen LogP contribution in [0.25, 0.3) is 0 Å². The molecule has 0 bridgehead atoms. The predicted molar refractivity (Wildman–Crippen MR) is 102 cm³/mol. The summed E-state index contributed by atoms with van der Waals surface area (Å²) in [6.07, 6.45) is 4.53. The number of hydrogen-bond acceptors (Lipinski definition) is 4. The molecule has 0 aromatic heterocycles. The van der Waals surface area contributed by atoms with Gasteiger partial charge in [0.15, 0.2) is 0 Å². The summed E-state index contributed by atoms with van der Waals surface area (Å²) in [6, 6.07) is 8.14. The lowest BCUT2D eigenvalue weighted by atomic mass is 9.99. The smallest absolute Gasteiger partial charge is 0.238 e. The fourth-order valence-corrected chi connectivity index (χ4v) is 5.08. The van der Waals surface area contributed by atoms with Crippen LogP contribution in [0, 0.1) is 0 Å². The van der Waals surface area contributed by atoms with Crippen LogP contribution in [-0.4, -0.2) is 61.5 Å². The zero-order valence-electron chi connectivity index (χ0n) is 15.6. The minimum atomic E-state index is -3.35. The van der Waals surface area contributed by atoms with Gasteiger partial charge in [-0.3, -0.25) is 9.69 Å². The van der Waals surface area contributed by atoms with E-state index in [1.807, 2.05) is 0 Å². The molecule has 2 aliphatic rings. The molecule has 2 heterocycles. The summed E-state index contributed by atoms with van der Waals surface area (Å²) < 4.78 is 25.2. The van der Waals surface area contributed by atoms with Crippen LogP contribution < -0.4 is 5.32 Å². The van der Waals surface area contributed by atoms with Gasteiger partial charge in [0, 0.05) is 32.2 Å². The van der Waals surface area contributed by atoms with Gasteiger partial charge in [0.1, 0.15) is 6.04 Å². The molecule has 7 heteroatoms. The van der Waals surface area contributed by atoms with Gasteiger partial charge in [0.25, 0.3) is 0 Å². The largest absolute Gasteiger partial charge is 0.353 e. The lowest BCUT2D eigenvalue weighted by Crippen LogP contribution is -2.53. The van der Waals surface area contributed by atoms with E-state index in [-0.39, 0.29) is 11.9 Å². The number of fused-ring (bicyclic) bond motifs is 1. The minimum Gasteiger partial charge on any atom is -0.353 e. The Bertz CT molecular complexity index is 750. The van der Waals surface area contributed by atoms with Crippen molar-refractivity contribution in [1.82, 2.24) is 14.5 Å². The Morgan fingerprint density at radius 2 is 1.96 bits per heavy atom.